The summed E-state index contributed by atoms with van der Waals surface area (Å²) in [5.74, 6) is 0.389. The fourth-order valence-electron chi connectivity index (χ4n) is 1.39. The summed E-state index contributed by atoms with van der Waals surface area (Å²) in [7, 11) is 3.25. The first-order valence-corrected chi connectivity index (χ1v) is 6.09. The molecule has 0 saturated heterocycles. The van der Waals surface area contributed by atoms with E-state index in [1.807, 2.05) is 0 Å². The molecule has 0 saturated carbocycles. The molecule has 2 unspecified atom stereocenters. The standard InChI is InChI=1S/C13H27NO3/c1-10(13(2,3)4)7-12(16)14(5)8-11(15)9-17-6/h10-11,15H,7-9H2,1-6H3. The van der Waals surface area contributed by atoms with E-state index in [0.717, 1.165) is 0 Å². The number of aliphatic hydroxyl groups excluding tert-OH is 1. The number of carbonyl (C=O) groups excluding carboxylic acids is 1. The van der Waals surface area contributed by atoms with E-state index in [4.69, 9.17) is 4.74 Å². The van der Waals surface area contributed by atoms with E-state index >= 15 is 0 Å². The van der Waals surface area contributed by atoms with Crippen LogP contribution >= 0.6 is 0 Å². The predicted octanol–water partition coefficient (Wildman–Crippen LogP) is 1.52. The molecular formula is C13H27NO3. The van der Waals surface area contributed by atoms with Crippen molar-refractivity contribution in [3.8, 4) is 0 Å². The average Bonchev–Trinajstić information content (AvgIpc) is 2.16. The Morgan fingerprint density at radius 3 is 2.35 bits per heavy atom. The van der Waals surface area contributed by atoms with E-state index < -0.39 is 6.10 Å². The Labute approximate surface area is 105 Å². The summed E-state index contributed by atoms with van der Waals surface area (Å²) in [6, 6.07) is 0. The van der Waals surface area contributed by atoms with Crippen molar-refractivity contribution < 1.29 is 14.6 Å². The SMILES string of the molecule is COCC(O)CN(C)C(=O)CC(C)C(C)(C)C. The van der Waals surface area contributed by atoms with Crippen LogP contribution < -0.4 is 0 Å². The molecule has 0 radical (unpaired) electrons. The Hall–Kier alpha value is -0.610. The van der Waals surface area contributed by atoms with Crippen LogP contribution in [0.25, 0.3) is 0 Å². The maximum Gasteiger partial charge on any atom is 0.222 e. The number of hydrogen-bond donors (Lipinski definition) is 1. The van der Waals surface area contributed by atoms with Gasteiger partial charge in [-0.25, -0.2) is 0 Å². The molecule has 17 heavy (non-hydrogen) atoms. The quantitative estimate of drug-likeness (QED) is 0.772. The third kappa shape index (κ3) is 6.64. The van der Waals surface area contributed by atoms with Gasteiger partial charge in [-0.3, -0.25) is 4.79 Å². The minimum Gasteiger partial charge on any atom is -0.389 e. The van der Waals surface area contributed by atoms with Crippen LogP contribution in [0.4, 0.5) is 0 Å². The molecule has 0 aromatic carbocycles. The molecule has 0 rings (SSSR count). The predicted molar refractivity (Wildman–Crippen MR) is 68.8 cm³/mol. The highest BCUT2D eigenvalue weighted by Gasteiger charge is 2.24. The molecule has 4 nitrogen and oxygen atoms in total. The van der Waals surface area contributed by atoms with Gasteiger partial charge < -0.3 is 14.7 Å². The molecule has 0 aromatic rings. The maximum atomic E-state index is 11.9. The van der Waals surface area contributed by atoms with Gasteiger partial charge in [0.15, 0.2) is 0 Å². The number of nitrogens with zero attached hydrogens (tertiary/aromatic N) is 1. The monoisotopic (exact) mass is 245 g/mol. The number of rotatable bonds is 6. The molecule has 0 aliphatic carbocycles. The van der Waals surface area contributed by atoms with Crippen LogP contribution in [0, 0.1) is 11.3 Å². The van der Waals surface area contributed by atoms with Gasteiger partial charge in [0.2, 0.25) is 5.91 Å². The molecule has 0 heterocycles. The normalized spacial score (nSPS) is 15.5. The summed E-state index contributed by atoms with van der Waals surface area (Å²) in [6.45, 7) is 9.05. The molecule has 2 atom stereocenters. The van der Waals surface area contributed by atoms with E-state index in [-0.39, 0.29) is 17.9 Å². The lowest BCUT2D eigenvalue weighted by Gasteiger charge is -2.29. The van der Waals surface area contributed by atoms with Crippen molar-refractivity contribution in [2.75, 3.05) is 27.3 Å². The zero-order valence-electron chi connectivity index (χ0n) is 12.0. The average molecular weight is 245 g/mol. The van der Waals surface area contributed by atoms with Gasteiger partial charge in [-0.15, -0.1) is 0 Å². The van der Waals surface area contributed by atoms with E-state index in [2.05, 4.69) is 27.7 Å². The molecule has 0 aromatic heterocycles. The van der Waals surface area contributed by atoms with Gasteiger partial charge in [0, 0.05) is 27.1 Å². The van der Waals surface area contributed by atoms with Gasteiger partial charge in [0.1, 0.15) is 0 Å². The third-order valence-corrected chi connectivity index (χ3v) is 3.23. The lowest BCUT2D eigenvalue weighted by Crippen LogP contribution is -2.37. The van der Waals surface area contributed by atoms with Gasteiger partial charge in [0.05, 0.1) is 12.7 Å². The molecule has 0 aliphatic heterocycles. The fraction of sp³-hybridized carbons (Fsp3) is 0.923. The van der Waals surface area contributed by atoms with Crippen molar-refractivity contribution in [1.29, 1.82) is 0 Å². The van der Waals surface area contributed by atoms with Gasteiger partial charge >= 0.3 is 0 Å². The van der Waals surface area contributed by atoms with Gasteiger partial charge in [-0.05, 0) is 11.3 Å². The molecule has 1 N–H and O–H groups in total. The highest BCUT2D eigenvalue weighted by molar-refractivity contribution is 5.76. The lowest BCUT2D eigenvalue weighted by atomic mass is 9.80. The van der Waals surface area contributed by atoms with Gasteiger partial charge in [0.25, 0.3) is 0 Å². The van der Waals surface area contributed by atoms with Crippen molar-refractivity contribution >= 4 is 5.91 Å². The fourth-order valence-corrected chi connectivity index (χ4v) is 1.39. The number of aliphatic hydroxyl groups is 1. The molecule has 102 valence electrons. The molecule has 4 heteroatoms. The van der Waals surface area contributed by atoms with E-state index in [9.17, 15) is 9.90 Å². The summed E-state index contributed by atoms with van der Waals surface area (Å²) >= 11 is 0. The van der Waals surface area contributed by atoms with Crippen molar-refractivity contribution in [3.63, 3.8) is 0 Å². The first kappa shape index (κ1) is 16.4. The van der Waals surface area contributed by atoms with E-state index in [1.54, 1.807) is 11.9 Å². The zero-order valence-corrected chi connectivity index (χ0v) is 12.0. The van der Waals surface area contributed by atoms with E-state index in [1.165, 1.54) is 7.11 Å². The maximum absolute atomic E-state index is 11.9. The highest BCUT2D eigenvalue weighted by atomic mass is 16.5. The molecular weight excluding hydrogens is 218 g/mol. The molecule has 0 bridgehead atoms. The highest BCUT2D eigenvalue weighted by Crippen LogP contribution is 2.28. The summed E-state index contributed by atoms with van der Waals surface area (Å²) in [4.78, 5) is 13.5. The molecule has 0 fully saturated rings. The van der Waals surface area contributed by atoms with Crippen LogP contribution in [-0.4, -0.2) is 49.3 Å². The number of amides is 1. The van der Waals surface area contributed by atoms with Crippen LogP contribution in [0.5, 0.6) is 0 Å². The first-order chi connectivity index (χ1) is 7.68. The number of hydrogen-bond acceptors (Lipinski definition) is 3. The Kier molecular flexibility index (Phi) is 6.72. The van der Waals surface area contributed by atoms with Crippen LogP contribution in [0.2, 0.25) is 0 Å². The minimum absolute atomic E-state index is 0.0718. The second-order valence-corrected chi connectivity index (χ2v) is 5.85. The summed E-state index contributed by atoms with van der Waals surface area (Å²) < 4.78 is 4.83. The van der Waals surface area contributed by atoms with Crippen LogP contribution in [0.1, 0.15) is 34.1 Å². The largest absolute Gasteiger partial charge is 0.389 e. The molecule has 1 amide bonds. The third-order valence-electron chi connectivity index (χ3n) is 3.23. The number of methoxy groups -OCH3 is 1. The first-order valence-electron chi connectivity index (χ1n) is 6.09. The Morgan fingerprint density at radius 2 is 1.94 bits per heavy atom. The number of likely N-dealkylation sites (N-methyl/N-ethyl adjacent to an activating group) is 1. The van der Waals surface area contributed by atoms with Crippen molar-refractivity contribution in [3.05, 3.63) is 0 Å². The molecule has 0 aliphatic rings. The zero-order chi connectivity index (χ0) is 13.6. The lowest BCUT2D eigenvalue weighted by molar-refractivity contribution is -0.133. The summed E-state index contributed by atoms with van der Waals surface area (Å²) in [5, 5.41) is 9.54. The van der Waals surface area contributed by atoms with E-state index in [0.29, 0.717) is 18.9 Å². The summed E-state index contributed by atoms with van der Waals surface area (Å²) in [5.41, 5.74) is 0.127. The number of carbonyl (C=O) groups is 1. The van der Waals surface area contributed by atoms with Crippen LogP contribution in [-0.2, 0) is 9.53 Å². The number of ether oxygens (including phenoxy) is 1. The van der Waals surface area contributed by atoms with Crippen LogP contribution in [0.3, 0.4) is 0 Å². The van der Waals surface area contributed by atoms with Crippen molar-refractivity contribution in [2.45, 2.75) is 40.2 Å². The Morgan fingerprint density at radius 1 is 1.41 bits per heavy atom. The van der Waals surface area contributed by atoms with Crippen LogP contribution in [0.15, 0.2) is 0 Å². The van der Waals surface area contributed by atoms with Gasteiger partial charge in [-0.2, -0.15) is 0 Å². The van der Waals surface area contributed by atoms with Crippen molar-refractivity contribution in [1.82, 2.24) is 4.90 Å². The Bertz CT molecular complexity index is 235. The molecule has 0 spiro atoms. The Balaban J connectivity index is 4.14. The van der Waals surface area contributed by atoms with Gasteiger partial charge in [-0.1, -0.05) is 27.7 Å². The summed E-state index contributed by atoms with van der Waals surface area (Å²) in [6.07, 6.45) is -0.0985. The second-order valence-electron chi connectivity index (χ2n) is 5.85. The van der Waals surface area contributed by atoms with Crippen molar-refractivity contribution in [2.24, 2.45) is 11.3 Å². The topological polar surface area (TPSA) is 49.8 Å². The second kappa shape index (κ2) is 6.97. The smallest absolute Gasteiger partial charge is 0.222 e. The minimum atomic E-state index is -0.612.